The molecular weight excluding hydrogens is 476 g/mol. The van der Waals surface area contributed by atoms with Crippen molar-refractivity contribution in [3.05, 3.63) is 115 Å². The lowest BCUT2D eigenvalue weighted by Gasteiger charge is -2.10. The van der Waals surface area contributed by atoms with Gasteiger partial charge in [-0.25, -0.2) is 13.1 Å². The van der Waals surface area contributed by atoms with Crippen LogP contribution in [0.3, 0.4) is 0 Å². The summed E-state index contributed by atoms with van der Waals surface area (Å²) in [5.41, 5.74) is 1.66. The average Bonchev–Trinajstić information content (AvgIpc) is 2.90. The molecular formula is C28H26N2O5S. The van der Waals surface area contributed by atoms with Crippen LogP contribution in [0.25, 0.3) is 0 Å². The van der Waals surface area contributed by atoms with Crippen molar-refractivity contribution in [2.45, 2.75) is 11.3 Å². The summed E-state index contributed by atoms with van der Waals surface area (Å²) in [4.78, 5) is 12.4. The third-order valence-electron chi connectivity index (χ3n) is 5.17. The predicted molar refractivity (Wildman–Crippen MR) is 139 cm³/mol. The Labute approximate surface area is 210 Å². The lowest BCUT2D eigenvalue weighted by molar-refractivity contribution is -0.118. The number of ether oxygens (including phenoxy) is 2. The van der Waals surface area contributed by atoms with E-state index >= 15 is 0 Å². The number of hydrogen-bond acceptors (Lipinski definition) is 5. The van der Waals surface area contributed by atoms with Crippen molar-refractivity contribution >= 4 is 21.6 Å². The molecule has 0 aliphatic heterocycles. The standard InChI is InChI=1S/C28H26N2O5S/c31-28(30-23-11-13-26(14-12-23)35-25-9-5-2-6-10-25)21-34-24-15-17-27(18-16-24)36(32,33)29-20-19-22-7-3-1-4-8-22/h1-18,29H,19-21H2,(H,30,31). The van der Waals surface area contributed by atoms with E-state index in [4.69, 9.17) is 9.47 Å². The largest absolute Gasteiger partial charge is 0.484 e. The minimum absolute atomic E-state index is 0.130. The first kappa shape index (κ1) is 25.0. The van der Waals surface area contributed by atoms with Crippen LogP contribution in [0, 0.1) is 0 Å². The fourth-order valence-electron chi connectivity index (χ4n) is 3.35. The molecule has 4 aromatic rings. The maximum absolute atomic E-state index is 12.5. The van der Waals surface area contributed by atoms with E-state index in [1.54, 1.807) is 24.3 Å². The molecule has 0 aliphatic carbocycles. The minimum Gasteiger partial charge on any atom is -0.484 e. The molecule has 7 nitrogen and oxygen atoms in total. The summed E-state index contributed by atoms with van der Waals surface area (Å²) < 4.78 is 38.8. The summed E-state index contributed by atoms with van der Waals surface area (Å²) in [6.45, 7) is 0.0772. The maximum Gasteiger partial charge on any atom is 0.262 e. The van der Waals surface area contributed by atoms with Crippen LogP contribution < -0.4 is 19.5 Å². The van der Waals surface area contributed by atoms with Gasteiger partial charge in [-0.05, 0) is 72.6 Å². The molecule has 0 unspecified atom stereocenters. The molecule has 1 amide bonds. The van der Waals surface area contributed by atoms with Crippen LogP contribution in [-0.2, 0) is 21.2 Å². The van der Waals surface area contributed by atoms with Crippen LogP contribution in [0.4, 0.5) is 5.69 Å². The molecule has 4 rings (SSSR count). The number of para-hydroxylation sites is 1. The molecule has 0 aromatic heterocycles. The van der Waals surface area contributed by atoms with Crippen molar-refractivity contribution in [3.8, 4) is 17.2 Å². The number of benzene rings is 4. The molecule has 0 bridgehead atoms. The Morgan fingerprint density at radius 2 is 1.28 bits per heavy atom. The number of carbonyl (C=O) groups excluding carboxylic acids is 1. The SMILES string of the molecule is O=C(COc1ccc(S(=O)(=O)NCCc2ccccc2)cc1)Nc1ccc(Oc2ccccc2)cc1. The molecule has 2 N–H and O–H groups in total. The van der Waals surface area contributed by atoms with Crippen molar-refractivity contribution in [3.63, 3.8) is 0 Å². The van der Waals surface area contributed by atoms with Crippen molar-refractivity contribution in [1.29, 1.82) is 0 Å². The second-order valence-corrected chi connectivity index (χ2v) is 9.65. The van der Waals surface area contributed by atoms with E-state index in [0.717, 1.165) is 11.3 Å². The lowest BCUT2D eigenvalue weighted by atomic mass is 10.2. The van der Waals surface area contributed by atoms with Gasteiger partial charge < -0.3 is 14.8 Å². The Morgan fingerprint density at radius 1 is 0.694 bits per heavy atom. The Balaban J connectivity index is 1.22. The second kappa shape index (κ2) is 12.0. The maximum atomic E-state index is 12.5. The summed E-state index contributed by atoms with van der Waals surface area (Å²) in [5.74, 6) is 1.43. The number of sulfonamides is 1. The number of nitrogens with one attached hydrogen (secondary N) is 2. The third-order valence-corrected chi connectivity index (χ3v) is 6.65. The molecule has 0 radical (unpaired) electrons. The van der Waals surface area contributed by atoms with Gasteiger partial charge in [0.15, 0.2) is 6.61 Å². The van der Waals surface area contributed by atoms with Gasteiger partial charge in [-0.1, -0.05) is 48.5 Å². The fraction of sp³-hybridized carbons (Fsp3) is 0.107. The van der Waals surface area contributed by atoms with Crippen LogP contribution in [0.5, 0.6) is 17.2 Å². The van der Waals surface area contributed by atoms with Gasteiger partial charge in [0, 0.05) is 12.2 Å². The Bertz CT molecular complexity index is 1360. The summed E-state index contributed by atoms with van der Waals surface area (Å²) in [5, 5.41) is 2.75. The zero-order chi connectivity index (χ0) is 25.2. The number of carbonyl (C=O) groups is 1. The highest BCUT2D eigenvalue weighted by molar-refractivity contribution is 7.89. The second-order valence-electron chi connectivity index (χ2n) is 7.88. The van der Waals surface area contributed by atoms with Gasteiger partial charge in [0.05, 0.1) is 4.90 Å². The topological polar surface area (TPSA) is 93.7 Å². The smallest absolute Gasteiger partial charge is 0.262 e. The Kier molecular flexibility index (Phi) is 8.33. The van der Waals surface area contributed by atoms with E-state index in [-0.39, 0.29) is 17.4 Å². The van der Waals surface area contributed by atoms with E-state index in [1.807, 2.05) is 60.7 Å². The highest BCUT2D eigenvalue weighted by Crippen LogP contribution is 2.22. The Hall–Kier alpha value is -4.14. The van der Waals surface area contributed by atoms with E-state index < -0.39 is 10.0 Å². The molecule has 36 heavy (non-hydrogen) atoms. The van der Waals surface area contributed by atoms with Crippen molar-refractivity contribution in [2.75, 3.05) is 18.5 Å². The molecule has 184 valence electrons. The van der Waals surface area contributed by atoms with E-state index in [9.17, 15) is 13.2 Å². The number of amides is 1. The van der Waals surface area contributed by atoms with Gasteiger partial charge in [-0.2, -0.15) is 0 Å². The van der Waals surface area contributed by atoms with Crippen molar-refractivity contribution in [2.24, 2.45) is 0 Å². The quantitative estimate of drug-likeness (QED) is 0.300. The molecule has 0 fully saturated rings. The van der Waals surface area contributed by atoms with Gasteiger partial charge in [0.2, 0.25) is 10.0 Å². The van der Waals surface area contributed by atoms with Crippen LogP contribution in [0.15, 0.2) is 114 Å². The lowest BCUT2D eigenvalue weighted by Crippen LogP contribution is -2.26. The highest BCUT2D eigenvalue weighted by Gasteiger charge is 2.14. The van der Waals surface area contributed by atoms with Crippen LogP contribution in [0.1, 0.15) is 5.56 Å². The number of anilines is 1. The van der Waals surface area contributed by atoms with Gasteiger partial charge in [0.25, 0.3) is 5.91 Å². The summed E-state index contributed by atoms with van der Waals surface area (Å²) in [6, 6.07) is 32.0. The minimum atomic E-state index is -3.64. The molecule has 0 saturated carbocycles. The first-order valence-corrected chi connectivity index (χ1v) is 12.9. The first-order valence-electron chi connectivity index (χ1n) is 11.4. The van der Waals surface area contributed by atoms with E-state index in [1.165, 1.54) is 24.3 Å². The normalized spacial score (nSPS) is 11.0. The molecule has 0 atom stereocenters. The Morgan fingerprint density at radius 3 is 1.94 bits per heavy atom. The molecule has 8 heteroatoms. The summed E-state index contributed by atoms with van der Waals surface area (Å²) >= 11 is 0. The summed E-state index contributed by atoms with van der Waals surface area (Å²) in [7, 11) is -3.64. The predicted octanol–water partition coefficient (Wildman–Crippen LogP) is 5.02. The van der Waals surface area contributed by atoms with Gasteiger partial charge in [-0.3, -0.25) is 4.79 Å². The fourth-order valence-corrected chi connectivity index (χ4v) is 4.38. The van der Waals surface area contributed by atoms with Crippen LogP contribution >= 0.6 is 0 Å². The molecule has 0 spiro atoms. The molecule has 4 aromatic carbocycles. The third kappa shape index (κ3) is 7.43. The van der Waals surface area contributed by atoms with Crippen molar-refractivity contribution in [1.82, 2.24) is 4.72 Å². The van der Waals surface area contributed by atoms with E-state index in [2.05, 4.69) is 10.0 Å². The zero-order valence-electron chi connectivity index (χ0n) is 19.5. The van der Waals surface area contributed by atoms with Crippen molar-refractivity contribution < 1.29 is 22.7 Å². The van der Waals surface area contributed by atoms with Gasteiger partial charge in [-0.15, -0.1) is 0 Å². The summed E-state index contributed by atoms with van der Waals surface area (Å²) in [6.07, 6.45) is 0.596. The first-order chi connectivity index (χ1) is 17.5. The number of hydrogen-bond donors (Lipinski definition) is 2. The number of rotatable bonds is 11. The van der Waals surface area contributed by atoms with E-state index in [0.29, 0.717) is 30.2 Å². The monoisotopic (exact) mass is 502 g/mol. The van der Waals surface area contributed by atoms with Crippen LogP contribution in [0.2, 0.25) is 0 Å². The van der Waals surface area contributed by atoms with Gasteiger partial charge in [0.1, 0.15) is 17.2 Å². The molecule has 0 heterocycles. The zero-order valence-corrected chi connectivity index (χ0v) is 20.3. The molecule has 0 aliphatic rings. The highest BCUT2D eigenvalue weighted by atomic mass is 32.2. The average molecular weight is 503 g/mol. The van der Waals surface area contributed by atoms with Crippen LogP contribution in [-0.4, -0.2) is 27.5 Å². The van der Waals surface area contributed by atoms with Gasteiger partial charge >= 0.3 is 0 Å². The molecule has 0 saturated heterocycles.